The summed E-state index contributed by atoms with van der Waals surface area (Å²) in [4.78, 5) is 22.9. The Balaban J connectivity index is 2.66. The van der Waals surface area contributed by atoms with E-state index in [0.717, 1.165) is 13.0 Å². The van der Waals surface area contributed by atoms with E-state index in [1.165, 1.54) is 0 Å². The maximum Gasteiger partial charge on any atom is 0.310 e. The van der Waals surface area contributed by atoms with Crippen molar-refractivity contribution in [2.75, 3.05) is 6.54 Å². The molecule has 0 unspecified atom stereocenters. The Bertz CT molecular complexity index is 435. The number of hydrogen-bond acceptors (Lipinski definition) is 2. The number of carboxylic acids is 1. The van der Waals surface area contributed by atoms with E-state index in [0.29, 0.717) is 5.69 Å². The molecule has 0 aliphatic carbocycles. The molecule has 5 heteroatoms. The molecule has 1 rings (SSSR count). The summed E-state index contributed by atoms with van der Waals surface area (Å²) < 4.78 is 1.86. The first-order valence-corrected chi connectivity index (χ1v) is 6.05. The molecule has 0 bridgehead atoms. The number of carboxylic acid groups (broad SMARTS) is 1. The molecule has 0 spiro atoms. The van der Waals surface area contributed by atoms with Gasteiger partial charge in [0.25, 0.3) is 5.91 Å². The molecule has 0 aliphatic rings. The standard InChI is InChI=1S/C13H20N2O3/c1-4-7-15-8-5-6-10(15)11(16)14-9-13(2,3)12(17)18/h5-6,8H,4,7,9H2,1-3H3,(H,14,16)(H,17,18). The predicted molar refractivity (Wildman–Crippen MR) is 68.5 cm³/mol. The van der Waals surface area contributed by atoms with Crippen LogP contribution in [0.4, 0.5) is 0 Å². The van der Waals surface area contributed by atoms with Crippen molar-refractivity contribution in [3.63, 3.8) is 0 Å². The van der Waals surface area contributed by atoms with E-state index in [-0.39, 0.29) is 12.5 Å². The lowest BCUT2D eigenvalue weighted by Crippen LogP contribution is -2.39. The van der Waals surface area contributed by atoms with Crippen molar-refractivity contribution in [1.82, 2.24) is 9.88 Å². The van der Waals surface area contributed by atoms with Gasteiger partial charge in [0.1, 0.15) is 5.69 Å². The second-order valence-corrected chi connectivity index (χ2v) is 4.96. The summed E-state index contributed by atoms with van der Waals surface area (Å²) in [6.45, 7) is 6.09. The molecule has 0 atom stereocenters. The summed E-state index contributed by atoms with van der Waals surface area (Å²) in [5, 5.41) is 11.6. The molecule has 18 heavy (non-hydrogen) atoms. The Morgan fingerprint density at radius 2 is 2.11 bits per heavy atom. The first-order chi connectivity index (χ1) is 8.38. The molecule has 0 aromatic carbocycles. The smallest absolute Gasteiger partial charge is 0.310 e. The van der Waals surface area contributed by atoms with Crippen LogP contribution in [-0.2, 0) is 11.3 Å². The lowest BCUT2D eigenvalue weighted by molar-refractivity contribution is -0.146. The number of hydrogen-bond donors (Lipinski definition) is 2. The van der Waals surface area contributed by atoms with E-state index in [9.17, 15) is 9.59 Å². The third-order valence-corrected chi connectivity index (χ3v) is 2.80. The Kier molecular flexibility index (Phi) is 4.53. The maximum atomic E-state index is 11.9. The predicted octanol–water partition coefficient (Wildman–Crippen LogP) is 1.74. The van der Waals surface area contributed by atoms with Gasteiger partial charge in [0.15, 0.2) is 0 Å². The van der Waals surface area contributed by atoms with Crippen LogP contribution in [0.25, 0.3) is 0 Å². The molecule has 0 fully saturated rings. The van der Waals surface area contributed by atoms with Gasteiger partial charge in [-0.2, -0.15) is 0 Å². The summed E-state index contributed by atoms with van der Waals surface area (Å²) in [6.07, 6.45) is 2.79. The second-order valence-electron chi connectivity index (χ2n) is 4.96. The van der Waals surface area contributed by atoms with E-state index in [4.69, 9.17) is 5.11 Å². The van der Waals surface area contributed by atoms with Crippen LogP contribution in [0.15, 0.2) is 18.3 Å². The number of carbonyl (C=O) groups excluding carboxylic acids is 1. The van der Waals surface area contributed by atoms with Gasteiger partial charge < -0.3 is 15.0 Å². The molecule has 2 N–H and O–H groups in total. The Morgan fingerprint density at radius 1 is 1.44 bits per heavy atom. The highest BCUT2D eigenvalue weighted by Gasteiger charge is 2.28. The zero-order valence-electron chi connectivity index (χ0n) is 11.1. The molecule has 0 saturated heterocycles. The van der Waals surface area contributed by atoms with Crippen LogP contribution in [0.2, 0.25) is 0 Å². The highest BCUT2D eigenvalue weighted by molar-refractivity contribution is 5.93. The molecular formula is C13H20N2O3. The lowest BCUT2D eigenvalue weighted by atomic mass is 9.94. The van der Waals surface area contributed by atoms with E-state index >= 15 is 0 Å². The van der Waals surface area contributed by atoms with Gasteiger partial charge in [0, 0.05) is 19.3 Å². The van der Waals surface area contributed by atoms with Crippen LogP contribution in [-0.4, -0.2) is 28.1 Å². The van der Waals surface area contributed by atoms with Crippen molar-refractivity contribution in [3.05, 3.63) is 24.0 Å². The minimum Gasteiger partial charge on any atom is -0.481 e. The summed E-state index contributed by atoms with van der Waals surface area (Å²) >= 11 is 0. The third-order valence-electron chi connectivity index (χ3n) is 2.80. The zero-order valence-corrected chi connectivity index (χ0v) is 11.1. The largest absolute Gasteiger partial charge is 0.481 e. The van der Waals surface area contributed by atoms with Crippen molar-refractivity contribution < 1.29 is 14.7 Å². The number of carbonyl (C=O) groups is 2. The molecule has 0 saturated carbocycles. The number of nitrogens with one attached hydrogen (secondary N) is 1. The molecule has 1 amide bonds. The highest BCUT2D eigenvalue weighted by Crippen LogP contribution is 2.13. The van der Waals surface area contributed by atoms with E-state index in [1.807, 2.05) is 23.8 Å². The molecule has 1 aromatic heterocycles. The molecule has 5 nitrogen and oxygen atoms in total. The van der Waals surface area contributed by atoms with Crippen molar-refractivity contribution in [3.8, 4) is 0 Å². The van der Waals surface area contributed by atoms with Gasteiger partial charge in [0.2, 0.25) is 0 Å². The van der Waals surface area contributed by atoms with Crippen LogP contribution in [0.1, 0.15) is 37.7 Å². The van der Waals surface area contributed by atoms with Gasteiger partial charge in [0.05, 0.1) is 5.41 Å². The molecule has 1 heterocycles. The number of rotatable bonds is 6. The van der Waals surface area contributed by atoms with Gasteiger partial charge in [-0.1, -0.05) is 6.92 Å². The third kappa shape index (κ3) is 3.35. The lowest BCUT2D eigenvalue weighted by Gasteiger charge is -2.19. The highest BCUT2D eigenvalue weighted by atomic mass is 16.4. The Hall–Kier alpha value is -1.78. The van der Waals surface area contributed by atoms with Gasteiger partial charge in [-0.05, 0) is 32.4 Å². The summed E-state index contributed by atoms with van der Waals surface area (Å²) in [7, 11) is 0. The minimum atomic E-state index is -0.960. The molecule has 100 valence electrons. The van der Waals surface area contributed by atoms with Gasteiger partial charge in [-0.25, -0.2) is 0 Å². The topological polar surface area (TPSA) is 71.3 Å². The summed E-state index contributed by atoms with van der Waals surface area (Å²) in [5.41, 5.74) is -0.393. The number of aliphatic carboxylic acids is 1. The molecule has 0 radical (unpaired) electrons. The van der Waals surface area contributed by atoms with Crippen LogP contribution >= 0.6 is 0 Å². The SMILES string of the molecule is CCCn1cccc1C(=O)NCC(C)(C)C(=O)O. The van der Waals surface area contributed by atoms with Crippen molar-refractivity contribution >= 4 is 11.9 Å². The van der Waals surface area contributed by atoms with Crippen LogP contribution in [0, 0.1) is 5.41 Å². The van der Waals surface area contributed by atoms with Crippen LogP contribution in [0.5, 0.6) is 0 Å². The fraction of sp³-hybridized carbons (Fsp3) is 0.538. The second kappa shape index (κ2) is 5.71. The van der Waals surface area contributed by atoms with Gasteiger partial charge in [-0.15, -0.1) is 0 Å². The van der Waals surface area contributed by atoms with Crippen molar-refractivity contribution in [2.45, 2.75) is 33.7 Å². The van der Waals surface area contributed by atoms with E-state index < -0.39 is 11.4 Å². The number of nitrogens with zero attached hydrogens (tertiary/aromatic N) is 1. The zero-order chi connectivity index (χ0) is 13.8. The minimum absolute atomic E-state index is 0.110. The fourth-order valence-corrected chi connectivity index (χ4v) is 1.52. The molecular weight excluding hydrogens is 232 g/mol. The summed E-state index contributed by atoms with van der Waals surface area (Å²) in [6, 6.07) is 3.55. The Labute approximate surface area is 107 Å². The molecule has 1 aromatic rings. The molecule has 0 aliphatic heterocycles. The van der Waals surface area contributed by atoms with Crippen LogP contribution < -0.4 is 5.32 Å². The van der Waals surface area contributed by atoms with Gasteiger partial charge in [-0.3, -0.25) is 9.59 Å². The average Bonchev–Trinajstić information content (AvgIpc) is 2.74. The summed E-state index contributed by atoms with van der Waals surface area (Å²) in [5.74, 6) is -1.16. The number of aryl methyl sites for hydroxylation is 1. The normalized spacial score (nSPS) is 11.3. The van der Waals surface area contributed by atoms with Crippen molar-refractivity contribution in [1.29, 1.82) is 0 Å². The average molecular weight is 252 g/mol. The van der Waals surface area contributed by atoms with E-state index in [2.05, 4.69) is 5.32 Å². The van der Waals surface area contributed by atoms with Crippen molar-refractivity contribution in [2.24, 2.45) is 5.41 Å². The monoisotopic (exact) mass is 252 g/mol. The number of amides is 1. The quantitative estimate of drug-likeness (QED) is 0.810. The van der Waals surface area contributed by atoms with Crippen LogP contribution in [0.3, 0.4) is 0 Å². The fourth-order valence-electron chi connectivity index (χ4n) is 1.52. The van der Waals surface area contributed by atoms with E-state index in [1.54, 1.807) is 19.9 Å². The van der Waals surface area contributed by atoms with Gasteiger partial charge >= 0.3 is 5.97 Å². The first-order valence-electron chi connectivity index (χ1n) is 6.05. The number of aromatic nitrogens is 1. The Morgan fingerprint density at radius 3 is 2.67 bits per heavy atom. The maximum absolute atomic E-state index is 11.9. The first kappa shape index (κ1) is 14.3.